The molecule has 1 amide bonds. The van der Waals surface area contributed by atoms with E-state index >= 15 is 0 Å². The quantitative estimate of drug-likeness (QED) is 0.670. The average molecular weight is 395 g/mol. The Labute approximate surface area is 168 Å². The lowest BCUT2D eigenvalue weighted by Gasteiger charge is -2.46. The van der Waals surface area contributed by atoms with Crippen LogP contribution in [0, 0.1) is 6.92 Å². The lowest BCUT2D eigenvalue weighted by molar-refractivity contribution is -0.123. The monoisotopic (exact) mass is 395 g/mol. The second-order valence-electron chi connectivity index (χ2n) is 8.21. The molecule has 3 aromatic rings. The van der Waals surface area contributed by atoms with E-state index in [1.807, 2.05) is 37.0 Å². The number of fused-ring (bicyclic) bond motifs is 2. The van der Waals surface area contributed by atoms with Gasteiger partial charge in [0.1, 0.15) is 17.3 Å². The Kier molecular flexibility index (Phi) is 4.27. The van der Waals surface area contributed by atoms with E-state index in [1.54, 1.807) is 11.1 Å². The first-order valence-corrected chi connectivity index (χ1v) is 9.99. The van der Waals surface area contributed by atoms with Crippen LogP contribution in [0.1, 0.15) is 36.3 Å². The van der Waals surface area contributed by atoms with Gasteiger partial charge in [0.05, 0.1) is 30.9 Å². The average Bonchev–Trinajstić information content (AvgIpc) is 3.43. The lowest BCUT2D eigenvalue weighted by atomic mass is 9.82. The predicted molar refractivity (Wildman–Crippen MR) is 105 cm³/mol. The Morgan fingerprint density at radius 1 is 1.21 bits per heavy atom. The molecule has 5 heterocycles. The van der Waals surface area contributed by atoms with E-state index in [0.29, 0.717) is 13.0 Å². The van der Waals surface area contributed by atoms with Crippen molar-refractivity contribution in [3.8, 4) is 0 Å². The number of anilines is 1. The highest BCUT2D eigenvalue weighted by Gasteiger charge is 2.45. The van der Waals surface area contributed by atoms with Crippen molar-refractivity contribution in [2.45, 2.75) is 44.8 Å². The molecule has 2 aliphatic heterocycles. The van der Waals surface area contributed by atoms with E-state index in [-0.39, 0.29) is 11.4 Å². The van der Waals surface area contributed by atoms with Crippen molar-refractivity contribution in [3.05, 3.63) is 47.7 Å². The van der Waals surface area contributed by atoms with Crippen molar-refractivity contribution in [2.24, 2.45) is 7.05 Å². The number of amides is 1. The summed E-state index contributed by atoms with van der Waals surface area (Å²) >= 11 is 0. The van der Waals surface area contributed by atoms with Gasteiger partial charge in [-0.25, -0.2) is 4.68 Å². The first-order chi connectivity index (χ1) is 14.0. The van der Waals surface area contributed by atoms with Gasteiger partial charge in [-0.1, -0.05) is 5.16 Å². The topological polar surface area (TPSA) is 85.2 Å². The zero-order valence-corrected chi connectivity index (χ0v) is 16.8. The summed E-state index contributed by atoms with van der Waals surface area (Å²) in [5, 5.41) is 12.9. The van der Waals surface area contributed by atoms with Crippen LogP contribution in [-0.2, 0) is 30.5 Å². The van der Waals surface area contributed by atoms with Gasteiger partial charge in [0.2, 0.25) is 5.91 Å². The zero-order valence-electron chi connectivity index (χ0n) is 16.8. The molecule has 3 aromatic heterocycles. The summed E-state index contributed by atoms with van der Waals surface area (Å²) in [5.41, 5.74) is 1.74. The number of aromatic nitrogens is 5. The molecule has 0 bridgehead atoms. The fourth-order valence-electron chi connectivity index (χ4n) is 4.60. The Morgan fingerprint density at radius 3 is 2.72 bits per heavy atom. The molecule has 1 fully saturated rings. The van der Waals surface area contributed by atoms with Crippen LogP contribution >= 0.6 is 0 Å². The van der Waals surface area contributed by atoms with Gasteiger partial charge in [0, 0.05) is 50.6 Å². The first kappa shape index (κ1) is 18.1. The minimum absolute atomic E-state index is 0.124. The van der Waals surface area contributed by atoms with Gasteiger partial charge in [-0.3, -0.25) is 19.3 Å². The van der Waals surface area contributed by atoms with Crippen LogP contribution < -0.4 is 4.90 Å². The Bertz CT molecular complexity index is 1030. The second-order valence-corrected chi connectivity index (χ2v) is 8.21. The largest absolute Gasteiger partial charge is 0.361 e. The summed E-state index contributed by atoms with van der Waals surface area (Å²) in [6.45, 7) is 5.02. The van der Waals surface area contributed by atoms with Crippen molar-refractivity contribution >= 4 is 11.7 Å². The molecule has 9 nitrogen and oxygen atoms in total. The number of aryl methyl sites for hydroxylation is 2. The minimum Gasteiger partial charge on any atom is -0.361 e. The van der Waals surface area contributed by atoms with Gasteiger partial charge in [0.25, 0.3) is 0 Å². The van der Waals surface area contributed by atoms with Crippen molar-refractivity contribution < 1.29 is 9.32 Å². The molecule has 0 radical (unpaired) electrons. The van der Waals surface area contributed by atoms with E-state index in [9.17, 15) is 4.79 Å². The number of hydrogen-bond donors (Lipinski definition) is 0. The molecule has 0 aliphatic carbocycles. The molecule has 1 saturated heterocycles. The third-order valence-electron chi connectivity index (χ3n) is 6.08. The van der Waals surface area contributed by atoms with E-state index in [1.165, 1.54) is 5.56 Å². The van der Waals surface area contributed by atoms with Gasteiger partial charge in [-0.2, -0.15) is 10.2 Å². The normalized spacial score (nSPS) is 19.1. The lowest BCUT2D eigenvalue weighted by Crippen LogP contribution is -2.53. The van der Waals surface area contributed by atoms with Gasteiger partial charge < -0.3 is 4.52 Å². The summed E-state index contributed by atoms with van der Waals surface area (Å²) in [6.07, 6.45) is 8.06. The van der Waals surface area contributed by atoms with Crippen LogP contribution in [0.5, 0.6) is 0 Å². The van der Waals surface area contributed by atoms with Crippen LogP contribution in [0.2, 0.25) is 0 Å². The maximum absolute atomic E-state index is 13.1. The molecule has 0 unspecified atom stereocenters. The number of carbonyl (C=O) groups excluding carboxylic acids is 1. The van der Waals surface area contributed by atoms with Gasteiger partial charge in [0.15, 0.2) is 0 Å². The fraction of sp³-hybridized carbons (Fsp3) is 0.500. The van der Waals surface area contributed by atoms with Crippen molar-refractivity contribution in [3.63, 3.8) is 0 Å². The molecule has 0 N–H and O–H groups in total. The maximum Gasteiger partial charge on any atom is 0.230 e. The summed E-state index contributed by atoms with van der Waals surface area (Å²) in [4.78, 5) is 17.3. The number of likely N-dealkylation sites (tertiary alicyclic amines) is 1. The van der Waals surface area contributed by atoms with E-state index < -0.39 is 0 Å². The van der Waals surface area contributed by atoms with Crippen LogP contribution in [0.15, 0.2) is 35.2 Å². The molecule has 2 aliphatic rings. The van der Waals surface area contributed by atoms with Gasteiger partial charge in [-0.15, -0.1) is 0 Å². The van der Waals surface area contributed by atoms with Gasteiger partial charge >= 0.3 is 0 Å². The number of nitrogens with zero attached hydrogens (tertiary/aromatic N) is 7. The Balaban J connectivity index is 1.33. The Hall–Kier alpha value is -2.94. The third kappa shape index (κ3) is 3.25. The third-order valence-corrected chi connectivity index (χ3v) is 6.08. The Morgan fingerprint density at radius 2 is 2.03 bits per heavy atom. The van der Waals surface area contributed by atoms with Crippen LogP contribution in [0.4, 0.5) is 5.82 Å². The molecule has 1 spiro atoms. The summed E-state index contributed by atoms with van der Waals surface area (Å²) in [5.74, 6) is 1.72. The van der Waals surface area contributed by atoms with E-state index in [0.717, 1.165) is 49.7 Å². The summed E-state index contributed by atoms with van der Waals surface area (Å²) in [6, 6.07) is 3.79. The molecule has 0 atom stereocenters. The standard InChI is InChI=1S/C20H25N7O2/c1-15-9-17(23-29-15)14-26-18-3-6-21-27(18)20(10-19(26)28)4-7-25(8-5-20)13-16-11-22-24(2)12-16/h3,6,9,11-12H,4-5,7-8,10,13-14H2,1-2H3. The molecule has 0 aromatic carbocycles. The minimum atomic E-state index is -0.238. The predicted octanol–water partition coefficient (Wildman–Crippen LogP) is 1.84. The molecular formula is C20H25N7O2. The SMILES string of the molecule is Cc1cc(CN2C(=O)CC3(CCN(Cc4cnn(C)c4)CC3)n3nccc32)no1. The van der Waals surface area contributed by atoms with Crippen LogP contribution in [0.3, 0.4) is 0 Å². The zero-order chi connectivity index (χ0) is 20.0. The highest BCUT2D eigenvalue weighted by atomic mass is 16.5. The van der Waals surface area contributed by atoms with Crippen molar-refractivity contribution in [2.75, 3.05) is 18.0 Å². The number of hydrogen-bond acceptors (Lipinski definition) is 6. The number of carbonyl (C=O) groups is 1. The maximum atomic E-state index is 13.1. The highest BCUT2D eigenvalue weighted by molar-refractivity contribution is 5.94. The van der Waals surface area contributed by atoms with Crippen molar-refractivity contribution in [1.29, 1.82) is 0 Å². The molecule has 9 heteroatoms. The number of piperidine rings is 1. The molecule has 152 valence electrons. The molecule has 29 heavy (non-hydrogen) atoms. The van der Waals surface area contributed by atoms with Gasteiger partial charge in [-0.05, 0) is 19.8 Å². The van der Waals surface area contributed by atoms with Crippen LogP contribution in [0.25, 0.3) is 0 Å². The van der Waals surface area contributed by atoms with Crippen molar-refractivity contribution in [1.82, 2.24) is 29.6 Å². The first-order valence-electron chi connectivity index (χ1n) is 9.99. The summed E-state index contributed by atoms with van der Waals surface area (Å²) < 4.78 is 9.07. The van der Waals surface area contributed by atoms with E-state index in [2.05, 4.69) is 31.1 Å². The smallest absolute Gasteiger partial charge is 0.230 e. The fourth-order valence-corrected chi connectivity index (χ4v) is 4.60. The molecular weight excluding hydrogens is 370 g/mol. The van der Waals surface area contributed by atoms with Crippen LogP contribution in [-0.4, -0.2) is 48.6 Å². The molecule has 5 rings (SSSR count). The molecule has 0 saturated carbocycles. The summed E-state index contributed by atoms with van der Waals surface area (Å²) in [7, 11) is 1.94. The second kappa shape index (κ2) is 6.84. The number of rotatable bonds is 4. The highest BCUT2D eigenvalue weighted by Crippen LogP contribution is 2.41. The van der Waals surface area contributed by atoms with E-state index in [4.69, 9.17) is 4.52 Å².